The van der Waals surface area contributed by atoms with Crippen molar-refractivity contribution in [1.29, 1.82) is 0 Å². The fourth-order valence-corrected chi connectivity index (χ4v) is 5.77. The minimum atomic E-state index is -0.908. The number of benzene rings is 2. The van der Waals surface area contributed by atoms with Crippen LogP contribution in [-0.2, 0) is 11.3 Å². The molecule has 8 heteroatoms. The van der Waals surface area contributed by atoms with Gasteiger partial charge in [0.25, 0.3) is 0 Å². The van der Waals surface area contributed by atoms with E-state index >= 15 is 4.39 Å². The topological polar surface area (TPSA) is 53.0 Å². The summed E-state index contributed by atoms with van der Waals surface area (Å²) in [5.41, 5.74) is 2.08. The first-order chi connectivity index (χ1) is 16.7. The van der Waals surface area contributed by atoms with Crippen LogP contribution in [0.3, 0.4) is 0 Å². The van der Waals surface area contributed by atoms with Crippen molar-refractivity contribution in [3.05, 3.63) is 58.1 Å². The zero-order valence-electron chi connectivity index (χ0n) is 19.9. The highest BCUT2D eigenvalue weighted by atomic mass is 35.5. The van der Waals surface area contributed by atoms with E-state index in [1.165, 1.54) is 18.2 Å². The van der Waals surface area contributed by atoms with E-state index in [-0.39, 0.29) is 11.2 Å². The average molecular weight is 505 g/mol. The minimum Gasteiger partial charge on any atom is -0.493 e. The van der Waals surface area contributed by atoms with Crippen molar-refractivity contribution in [2.45, 2.75) is 57.5 Å². The maximum atomic E-state index is 15.2. The molecule has 2 heterocycles. The molecule has 5 rings (SSSR count). The molecule has 0 bridgehead atoms. The van der Waals surface area contributed by atoms with Crippen LogP contribution in [0.25, 0.3) is 0 Å². The highest BCUT2D eigenvalue weighted by Gasteiger charge is 2.37. The lowest BCUT2D eigenvalue weighted by molar-refractivity contribution is -0.138. The third kappa shape index (κ3) is 5.41. The Balaban J connectivity index is 1.28. The van der Waals surface area contributed by atoms with Crippen molar-refractivity contribution in [3.8, 4) is 5.75 Å². The molecule has 2 aromatic rings. The number of aliphatic carboxylic acids is 1. The quantitative estimate of drug-likeness (QED) is 0.489. The third-order valence-electron chi connectivity index (χ3n) is 7.49. The number of likely N-dealkylation sites (tertiary alicyclic amines) is 1. The molecule has 1 unspecified atom stereocenters. The van der Waals surface area contributed by atoms with Crippen LogP contribution >= 0.6 is 11.6 Å². The Bertz CT molecular complexity index is 1110. The van der Waals surface area contributed by atoms with Crippen molar-refractivity contribution in [1.82, 2.24) is 4.90 Å². The number of hydrogen-bond acceptors (Lipinski definition) is 4. The maximum Gasteiger partial charge on any atom is 0.326 e. The van der Waals surface area contributed by atoms with E-state index in [4.69, 9.17) is 16.3 Å². The number of nitrogens with zero attached hydrogens (tertiary/aromatic N) is 2. The van der Waals surface area contributed by atoms with Gasteiger partial charge in [-0.3, -0.25) is 4.90 Å². The number of rotatable bonds is 8. The zero-order chi connectivity index (χ0) is 24.7. The summed E-state index contributed by atoms with van der Waals surface area (Å²) >= 11 is 6.00. The summed E-state index contributed by atoms with van der Waals surface area (Å²) in [7, 11) is 0. The predicted octanol–water partition coefficient (Wildman–Crippen LogP) is 5.84. The first-order valence-electron chi connectivity index (χ1n) is 12.3. The molecule has 2 atom stereocenters. The van der Waals surface area contributed by atoms with Gasteiger partial charge in [-0.05, 0) is 80.0 Å². The molecule has 5 nitrogen and oxygen atoms in total. The predicted molar refractivity (Wildman–Crippen MR) is 131 cm³/mol. The lowest BCUT2D eigenvalue weighted by Gasteiger charge is -2.28. The lowest BCUT2D eigenvalue weighted by atomic mass is 9.91. The summed E-state index contributed by atoms with van der Waals surface area (Å²) in [4.78, 5) is 15.6. The number of carboxylic acid groups (broad SMARTS) is 1. The molecule has 0 amide bonds. The minimum absolute atomic E-state index is 0.115. The molecule has 0 spiro atoms. The van der Waals surface area contributed by atoms with Crippen molar-refractivity contribution in [2.24, 2.45) is 5.41 Å². The summed E-state index contributed by atoms with van der Waals surface area (Å²) in [5.74, 6) is -0.773. The Hall–Kier alpha value is -2.38. The van der Waals surface area contributed by atoms with Crippen LogP contribution in [0.2, 0.25) is 5.02 Å². The van der Waals surface area contributed by atoms with Gasteiger partial charge in [0.15, 0.2) is 0 Å². The van der Waals surface area contributed by atoms with Gasteiger partial charge >= 0.3 is 5.97 Å². The molecular formula is C27H31ClF2N2O3. The molecule has 0 aromatic heterocycles. The van der Waals surface area contributed by atoms with E-state index in [9.17, 15) is 14.3 Å². The summed E-state index contributed by atoms with van der Waals surface area (Å²) in [6.07, 6.45) is 4.26. The smallest absolute Gasteiger partial charge is 0.326 e. The van der Waals surface area contributed by atoms with Gasteiger partial charge in [0, 0.05) is 36.1 Å². The third-order valence-corrected chi connectivity index (χ3v) is 7.70. The van der Waals surface area contributed by atoms with Crippen molar-refractivity contribution in [3.63, 3.8) is 0 Å². The molecule has 1 N–H and O–H groups in total. The summed E-state index contributed by atoms with van der Waals surface area (Å²) in [5, 5.41) is 9.93. The molecule has 35 heavy (non-hydrogen) atoms. The fraction of sp³-hybridized carbons (Fsp3) is 0.519. The van der Waals surface area contributed by atoms with Gasteiger partial charge in [0.1, 0.15) is 23.4 Å². The molecule has 3 fully saturated rings. The van der Waals surface area contributed by atoms with Crippen molar-refractivity contribution in [2.75, 3.05) is 31.1 Å². The Morgan fingerprint density at radius 2 is 1.97 bits per heavy atom. The molecule has 0 radical (unpaired) electrons. The van der Waals surface area contributed by atoms with Crippen LogP contribution < -0.4 is 9.64 Å². The lowest BCUT2D eigenvalue weighted by Crippen LogP contribution is -2.36. The number of ether oxygens (including phenoxy) is 1. The van der Waals surface area contributed by atoms with E-state index < -0.39 is 17.8 Å². The van der Waals surface area contributed by atoms with Gasteiger partial charge in [-0.2, -0.15) is 0 Å². The molecule has 2 aliphatic heterocycles. The monoisotopic (exact) mass is 504 g/mol. The van der Waals surface area contributed by atoms with Crippen LogP contribution in [0.1, 0.15) is 56.1 Å². The zero-order valence-corrected chi connectivity index (χ0v) is 20.7. The Kier molecular flexibility index (Phi) is 6.66. The van der Waals surface area contributed by atoms with Gasteiger partial charge in [-0.1, -0.05) is 18.5 Å². The normalized spacial score (nSPS) is 24.8. The van der Waals surface area contributed by atoms with Crippen LogP contribution in [0.15, 0.2) is 30.3 Å². The molecule has 3 aliphatic rings. The molecule has 1 saturated carbocycles. The SMILES string of the molecule is C[C@]1(COc2cc(F)c(N3CCCC3C(=O)O)cc2C2CC2)CCN(Cc2cc(F)cc(Cl)c2)C1. The van der Waals surface area contributed by atoms with Crippen LogP contribution in [0, 0.1) is 17.0 Å². The highest BCUT2D eigenvalue weighted by Crippen LogP contribution is 2.47. The van der Waals surface area contributed by atoms with Gasteiger partial charge in [0.2, 0.25) is 0 Å². The van der Waals surface area contributed by atoms with E-state index in [0.29, 0.717) is 48.5 Å². The Labute approximate surface area is 209 Å². The number of anilines is 1. The van der Waals surface area contributed by atoms with Gasteiger partial charge in [-0.15, -0.1) is 0 Å². The standard InChI is InChI=1S/C27H31ClF2N2O3/c1-27(6-8-31(15-27)14-17-9-19(28)11-20(29)10-17)16-35-25-13-22(30)24(12-21(25)18-4-5-18)32-7-2-3-23(32)26(33)34/h9-13,18,23H,2-8,14-16H2,1H3,(H,33,34)/t23?,27-/m0/s1. The number of hydrogen-bond donors (Lipinski definition) is 1. The average Bonchev–Trinajstić information content (AvgIpc) is 3.38. The van der Waals surface area contributed by atoms with Crippen LogP contribution in [0.4, 0.5) is 14.5 Å². The van der Waals surface area contributed by atoms with Gasteiger partial charge in [0.05, 0.1) is 12.3 Å². The summed E-state index contributed by atoms with van der Waals surface area (Å²) < 4.78 is 35.2. The second kappa shape index (κ2) is 9.58. The molecular weight excluding hydrogens is 474 g/mol. The van der Waals surface area contributed by atoms with Crippen LogP contribution in [-0.4, -0.2) is 48.3 Å². The number of carboxylic acids is 1. The summed E-state index contributed by atoms with van der Waals surface area (Å²) in [6.45, 7) is 5.42. The second-order valence-corrected chi connectivity index (χ2v) is 11.1. The van der Waals surface area contributed by atoms with Gasteiger partial charge in [-0.25, -0.2) is 13.6 Å². The summed E-state index contributed by atoms with van der Waals surface area (Å²) in [6, 6.07) is 7.20. The van der Waals surface area contributed by atoms with Crippen molar-refractivity contribution < 1.29 is 23.4 Å². The molecule has 188 valence electrons. The Morgan fingerprint density at radius 3 is 2.69 bits per heavy atom. The van der Waals surface area contributed by atoms with Crippen molar-refractivity contribution >= 4 is 23.3 Å². The first kappa shape index (κ1) is 24.3. The van der Waals surface area contributed by atoms with E-state index in [2.05, 4.69) is 11.8 Å². The first-order valence-corrected chi connectivity index (χ1v) is 12.7. The molecule has 2 aromatic carbocycles. The van der Waals surface area contributed by atoms with E-state index in [1.54, 1.807) is 11.0 Å². The molecule has 2 saturated heterocycles. The number of halogens is 3. The van der Waals surface area contributed by atoms with Gasteiger partial charge < -0.3 is 14.7 Å². The van der Waals surface area contributed by atoms with Crippen LogP contribution in [0.5, 0.6) is 5.75 Å². The fourth-order valence-electron chi connectivity index (χ4n) is 5.52. The van der Waals surface area contributed by atoms with E-state index in [0.717, 1.165) is 49.9 Å². The Morgan fingerprint density at radius 1 is 1.17 bits per heavy atom. The van der Waals surface area contributed by atoms with E-state index in [1.807, 2.05) is 6.07 Å². The second-order valence-electron chi connectivity index (χ2n) is 10.6. The highest BCUT2D eigenvalue weighted by molar-refractivity contribution is 6.30. The number of carbonyl (C=O) groups is 1. The largest absolute Gasteiger partial charge is 0.493 e. The maximum absolute atomic E-state index is 15.2. The molecule has 1 aliphatic carbocycles.